The zero-order valence-electron chi connectivity index (χ0n) is 5.01. The Hall–Kier alpha value is -0.700. The molecule has 1 rings (SSSR count). The van der Waals surface area contributed by atoms with Gasteiger partial charge in [0, 0.05) is 6.07 Å². The first-order valence-electron chi connectivity index (χ1n) is 2.58. The molecule has 2 nitrogen and oxygen atoms in total. The van der Waals surface area contributed by atoms with Gasteiger partial charge in [0.2, 0.25) is 5.56 Å². The van der Waals surface area contributed by atoms with Crippen molar-refractivity contribution in [3.8, 4) is 0 Å². The maximum atomic E-state index is 10.6. The molecule has 0 spiro atoms. The third-order valence-electron chi connectivity index (χ3n) is 0.974. The van der Waals surface area contributed by atoms with Crippen LogP contribution in [0.5, 0.6) is 0 Å². The van der Waals surface area contributed by atoms with Crippen molar-refractivity contribution < 1.29 is 0 Å². The van der Waals surface area contributed by atoms with Gasteiger partial charge in [0.05, 0.1) is 5.03 Å². The predicted octanol–water partition coefficient (Wildman–Crippen LogP) is 0.972. The van der Waals surface area contributed by atoms with Crippen molar-refractivity contribution in [2.24, 2.45) is 0 Å². The topological polar surface area (TPSA) is 32.9 Å². The lowest BCUT2D eigenvalue weighted by Gasteiger charge is -1.90. The molecule has 0 amide bonds. The van der Waals surface area contributed by atoms with Crippen LogP contribution in [0.25, 0.3) is 0 Å². The second-order valence-electron chi connectivity index (χ2n) is 1.91. The fourth-order valence-corrected chi connectivity index (χ4v) is 0.976. The first kappa shape index (κ1) is 6.42. The molecule has 1 aromatic rings. The van der Waals surface area contributed by atoms with Crippen LogP contribution < -0.4 is 5.56 Å². The standard InChI is InChI=1S/C6H7NOS/c1-4-2-5(8)7-6(9)3-4/h2-3H,1H3,(H2,7,8,9). The van der Waals surface area contributed by atoms with Crippen molar-refractivity contribution >= 4 is 12.6 Å². The Morgan fingerprint density at radius 1 is 1.56 bits per heavy atom. The summed E-state index contributed by atoms with van der Waals surface area (Å²) in [6.07, 6.45) is 0. The molecule has 48 valence electrons. The van der Waals surface area contributed by atoms with Gasteiger partial charge in [0.15, 0.2) is 0 Å². The quantitative estimate of drug-likeness (QED) is 0.518. The summed E-state index contributed by atoms with van der Waals surface area (Å²) in [5.74, 6) is 0. The van der Waals surface area contributed by atoms with E-state index in [9.17, 15) is 4.79 Å². The molecule has 0 fully saturated rings. The third kappa shape index (κ3) is 1.61. The van der Waals surface area contributed by atoms with Gasteiger partial charge in [0.25, 0.3) is 0 Å². The number of rotatable bonds is 0. The van der Waals surface area contributed by atoms with E-state index in [1.807, 2.05) is 6.92 Å². The van der Waals surface area contributed by atoms with Crippen LogP contribution in [0.1, 0.15) is 5.56 Å². The largest absolute Gasteiger partial charge is 0.317 e. The molecule has 9 heavy (non-hydrogen) atoms. The molecule has 0 aromatic carbocycles. The van der Waals surface area contributed by atoms with E-state index in [4.69, 9.17) is 0 Å². The number of nitrogens with one attached hydrogen (secondary N) is 1. The highest BCUT2D eigenvalue weighted by molar-refractivity contribution is 7.80. The van der Waals surface area contributed by atoms with Gasteiger partial charge >= 0.3 is 0 Å². The van der Waals surface area contributed by atoms with Crippen LogP contribution >= 0.6 is 12.6 Å². The molecule has 1 N–H and O–H groups in total. The highest BCUT2D eigenvalue weighted by Gasteiger charge is 1.87. The van der Waals surface area contributed by atoms with Gasteiger partial charge in [-0.1, -0.05) is 0 Å². The van der Waals surface area contributed by atoms with E-state index in [0.29, 0.717) is 5.03 Å². The lowest BCUT2D eigenvalue weighted by molar-refractivity contribution is 1.07. The number of pyridine rings is 1. The van der Waals surface area contributed by atoms with Gasteiger partial charge in [0.1, 0.15) is 0 Å². The second-order valence-corrected chi connectivity index (χ2v) is 2.39. The Morgan fingerprint density at radius 3 is 2.67 bits per heavy atom. The summed E-state index contributed by atoms with van der Waals surface area (Å²) in [4.78, 5) is 13.1. The zero-order valence-corrected chi connectivity index (χ0v) is 5.90. The Balaban J connectivity index is 3.33. The van der Waals surface area contributed by atoms with E-state index in [-0.39, 0.29) is 5.56 Å². The third-order valence-corrected chi connectivity index (χ3v) is 1.22. The molecule has 0 bridgehead atoms. The molecule has 0 radical (unpaired) electrons. The normalized spacial score (nSPS) is 9.56. The van der Waals surface area contributed by atoms with Gasteiger partial charge < -0.3 is 4.98 Å². The van der Waals surface area contributed by atoms with Crippen LogP contribution in [-0.2, 0) is 0 Å². The van der Waals surface area contributed by atoms with Gasteiger partial charge in [-0.15, -0.1) is 12.6 Å². The van der Waals surface area contributed by atoms with Crippen LogP contribution in [0.2, 0.25) is 0 Å². The summed E-state index contributed by atoms with van der Waals surface area (Å²) in [6.45, 7) is 1.86. The summed E-state index contributed by atoms with van der Waals surface area (Å²) < 4.78 is 0. The molecule has 0 aliphatic rings. The van der Waals surface area contributed by atoms with Crippen LogP contribution in [-0.4, -0.2) is 4.98 Å². The molecule has 1 aromatic heterocycles. The molecule has 3 heteroatoms. The van der Waals surface area contributed by atoms with Gasteiger partial charge in [-0.3, -0.25) is 4.79 Å². The van der Waals surface area contributed by atoms with E-state index in [0.717, 1.165) is 5.56 Å². The number of aryl methyl sites for hydroxylation is 1. The highest BCUT2D eigenvalue weighted by Crippen LogP contribution is 1.99. The number of H-pyrrole nitrogens is 1. The van der Waals surface area contributed by atoms with Crippen molar-refractivity contribution in [3.63, 3.8) is 0 Å². The van der Waals surface area contributed by atoms with E-state index in [2.05, 4.69) is 17.6 Å². The average molecular weight is 141 g/mol. The first-order chi connectivity index (χ1) is 4.18. The second kappa shape index (κ2) is 2.27. The minimum atomic E-state index is -0.0972. The minimum Gasteiger partial charge on any atom is -0.317 e. The Kier molecular flexibility index (Phi) is 1.62. The van der Waals surface area contributed by atoms with Crippen molar-refractivity contribution in [1.29, 1.82) is 0 Å². The van der Waals surface area contributed by atoms with E-state index >= 15 is 0 Å². The summed E-state index contributed by atoms with van der Waals surface area (Å²) >= 11 is 3.97. The monoisotopic (exact) mass is 141 g/mol. The lowest BCUT2D eigenvalue weighted by Crippen LogP contribution is -2.03. The fourth-order valence-electron chi connectivity index (χ4n) is 0.662. The number of hydrogen-bond acceptors (Lipinski definition) is 2. The van der Waals surface area contributed by atoms with Crippen molar-refractivity contribution in [2.45, 2.75) is 11.9 Å². The minimum absolute atomic E-state index is 0.0972. The number of aromatic nitrogens is 1. The zero-order chi connectivity index (χ0) is 6.85. The lowest BCUT2D eigenvalue weighted by atomic mass is 10.3. The van der Waals surface area contributed by atoms with Crippen molar-refractivity contribution in [3.05, 3.63) is 28.0 Å². The molecule has 0 unspecified atom stereocenters. The van der Waals surface area contributed by atoms with Gasteiger partial charge in [-0.05, 0) is 18.6 Å². The van der Waals surface area contributed by atoms with Gasteiger partial charge in [-0.25, -0.2) is 0 Å². The number of hydrogen-bond donors (Lipinski definition) is 2. The van der Waals surface area contributed by atoms with Crippen LogP contribution in [0, 0.1) is 6.92 Å². The van der Waals surface area contributed by atoms with E-state index < -0.39 is 0 Å². The Bertz CT molecular complexity index is 243. The smallest absolute Gasteiger partial charge is 0.249 e. The molecular weight excluding hydrogens is 134 g/mol. The van der Waals surface area contributed by atoms with Crippen LogP contribution in [0.15, 0.2) is 22.0 Å². The molecule has 0 aliphatic carbocycles. The van der Waals surface area contributed by atoms with E-state index in [1.54, 1.807) is 6.07 Å². The molecule has 0 atom stereocenters. The average Bonchev–Trinajstić information content (AvgIpc) is 1.59. The molecule has 0 aliphatic heterocycles. The highest BCUT2D eigenvalue weighted by atomic mass is 32.1. The number of thiol groups is 1. The Labute approximate surface area is 58.3 Å². The summed E-state index contributed by atoms with van der Waals surface area (Å²) in [6, 6.07) is 3.32. The maximum Gasteiger partial charge on any atom is 0.249 e. The van der Waals surface area contributed by atoms with Crippen LogP contribution in [0.4, 0.5) is 0 Å². The maximum absolute atomic E-state index is 10.6. The summed E-state index contributed by atoms with van der Waals surface area (Å²) in [5, 5.41) is 0.611. The molecule has 1 heterocycles. The van der Waals surface area contributed by atoms with Crippen LogP contribution in [0.3, 0.4) is 0 Å². The molecule has 0 saturated heterocycles. The predicted molar refractivity (Wildman–Crippen MR) is 39.1 cm³/mol. The van der Waals surface area contributed by atoms with E-state index in [1.165, 1.54) is 6.07 Å². The summed E-state index contributed by atoms with van der Waals surface area (Å²) in [7, 11) is 0. The fraction of sp³-hybridized carbons (Fsp3) is 0.167. The van der Waals surface area contributed by atoms with Crippen molar-refractivity contribution in [2.75, 3.05) is 0 Å². The first-order valence-corrected chi connectivity index (χ1v) is 3.03. The van der Waals surface area contributed by atoms with Crippen molar-refractivity contribution in [1.82, 2.24) is 4.98 Å². The Morgan fingerprint density at radius 2 is 2.22 bits per heavy atom. The number of aromatic amines is 1. The molecule has 0 saturated carbocycles. The summed E-state index contributed by atoms with van der Waals surface area (Å²) in [5.41, 5.74) is 0.837. The molecular formula is C6H7NOS. The van der Waals surface area contributed by atoms with Gasteiger partial charge in [-0.2, -0.15) is 0 Å². The SMILES string of the molecule is Cc1cc(S)[nH]c(=O)c1.